The molecule has 2 amide bonds. The maximum absolute atomic E-state index is 12.4. The molecule has 0 radical (unpaired) electrons. The number of carbonyl (C=O) groups is 2. The Hall–Kier alpha value is -2.04. The second-order valence-electron chi connectivity index (χ2n) is 6.93. The number of hydrogen-bond donors (Lipinski definition) is 1. The molecule has 0 bridgehead atoms. The SMILES string of the molecule is CCOc1ccc(CC(=O)NC2CCN(C(=O)C(CC)CC)CC2)cc1. The summed E-state index contributed by atoms with van der Waals surface area (Å²) >= 11 is 0. The number of rotatable bonds is 8. The highest BCUT2D eigenvalue weighted by molar-refractivity contribution is 5.80. The van der Waals surface area contributed by atoms with Crippen LogP contribution in [0.4, 0.5) is 0 Å². The average Bonchev–Trinajstić information content (AvgIpc) is 2.65. The van der Waals surface area contributed by atoms with Crippen molar-refractivity contribution >= 4 is 11.8 Å². The molecule has 0 unspecified atom stereocenters. The highest BCUT2D eigenvalue weighted by Crippen LogP contribution is 2.18. The zero-order valence-electron chi connectivity index (χ0n) is 16.3. The average molecular weight is 360 g/mol. The van der Waals surface area contributed by atoms with E-state index in [9.17, 15) is 9.59 Å². The van der Waals surface area contributed by atoms with Crippen molar-refractivity contribution in [3.05, 3.63) is 29.8 Å². The summed E-state index contributed by atoms with van der Waals surface area (Å²) in [6.07, 6.45) is 3.84. The molecular weight excluding hydrogens is 328 g/mol. The molecule has 0 aromatic heterocycles. The Bertz CT molecular complexity index is 573. The number of hydrogen-bond acceptors (Lipinski definition) is 3. The summed E-state index contributed by atoms with van der Waals surface area (Å²) in [6, 6.07) is 7.82. The van der Waals surface area contributed by atoms with Crippen molar-refractivity contribution in [2.24, 2.45) is 5.92 Å². The molecule has 0 spiro atoms. The fourth-order valence-corrected chi connectivity index (χ4v) is 3.47. The topological polar surface area (TPSA) is 58.6 Å². The summed E-state index contributed by atoms with van der Waals surface area (Å²) < 4.78 is 5.42. The molecule has 1 heterocycles. The predicted octanol–water partition coefficient (Wildman–Crippen LogP) is 3.17. The highest BCUT2D eigenvalue weighted by Gasteiger charge is 2.27. The Morgan fingerprint density at radius 3 is 2.27 bits per heavy atom. The fourth-order valence-electron chi connectivity index (χ4n) is 3.47. The molecule has 5 heteroatoms. The molecule has 1 aliphatic heterocycles. The standard InChI is InChI=1S/C21H32N2O3/c1-4-17(5-2)21(25)23-13-11-18(12-14-23)22-20(24)15-16-7-9-19(10-8-16)26-6-3/h7-10,17-18H,4-6,11-15H2,1-3H3,(H,22,24). The zero-order chi connectivity index (χ0) is 18.9. The van der Waals surface area contributed by atoms with Gasteiger partial charge in [0.25, 0.3) is 0 Å². The second kappa shape index (κ2) is 10.2. The molecule has 26 heavy (non-hydrogen) atoms. The van der Waals surface area contributed by atoms with E-state index in [4.69, 9.17) is 4.74 Å². The van der Waals surface area contributed by atoms with E-state index in [1.807, 2.05) is 36.1 Å². The van der Waals surface area contributed by atoms with Crippen LogP contribution in [-0.2, 0) is 16.0 Å². The van der Waals surface area contributed by atoms with Crippen LogP contribution in [0.2, 0.25) is 0 Å². The summed E-state index contributed by atoms with van der Waals surface area (Å²) in [7, 11) is 0. The lowest BCUT2D eigenvalue weighted by atomic mass is 9.98. The maximum atomic E-state index is 12.4. The van der Waals surface area contributed by atoms with E-state index in [0.29, 0.717) is 13.0 Å². The third-order valence-corrected chi connectivity index (χ3v) is 5.11. The molecule has 1 aliphatic rings. The largest absolute Gasteiger partial charge is 0.494 e. The van der Waals surface area contributed by atoms with Crippen molar-refractivity contribution in [1.29, 1.82) is 0 Å². The van der Waals surface area contributed by atoms with Gasteiger partial charge in [-0.05, 0) is 50.3 Å². The molecular formula is C21H32N2O3. The van der Waals surface area contributed by atoms with Crippen molar-refractivity contribution in [3.63, 3.8) is 0 Å². The number of ether oxygens (including phenoxy) is 1. The van der Waals surface area contributed by atoms with Gasteiger partial charge in [0.15, 0.2) is 0 Å². The molecule has 1 saturated heterocycles. The fraction of sp³-hybridized carbons (Fsp3) is 0.619. The first kappa shape index (κ1) is 20.3. The zero-order valence-corrected chi connectivity index (χ0v) is 16.3. The van der Waals surface area contributed by atoms with Crippen LogP contribution in [0.25, 0.3) is 0 Å². The Balaban J connectivity index is 1.76. The summed E-state index contributed by atoms with van der Waals surface area (Å²) in [5.41, 5.74) is 0.979. The van der Waals surface area contributed by atoms with Crippen molar-refractivity contribution < 1.29 is 14.3 Å². The number of piperidine rings is 1. The quantitative estimate of drug-likeness (QED) is 0.775. The molecule has 1 fully saturated rings. The van der Waals surface area contributed by atoms with Crippen LogP contribution in [-0.4, -0.2) is 42.5 Å². The van der Waals surface area contributed by atoms with Gasteiger partial charge in [0.05, 0.1) is 13.0 Å². The van der Waals surface area contributed by atoms with Crippen LogP contribution in [0.15, 0.2) is 24.3 Å². The minimum absolute atomic E-state index is 0.0407. The first-order valence-corrected chi connectivity index (χ1v) is 9.87. The van der Waals surface area contributed by atoms with Gasteiger partial charge < -0.3 is 15.0 Å². The maximum Gasteiger partial charge on any atom is 0.225 e. The number of benzene rings is 1. The Labute approximate surface area is 157 Å². The van der Waals surface area contributed by atoms with Crippen LogP contribution < -0.4 is 10.1 Å². The van der Waals surface area contributed by atoms with Crippen LogP contribution >= 0.6 is 0 Å². The second-order valence-corrected chi connectivity index (χ2v) is 6.93. The molecule has 144 valence electrons. The van der Waals surface area contributed by atoms with Crippen molar-refractivity contribution in [2.45, 2.75) is 58.9 Å². The van der Waals surface area contributed by atoms with Gasteiger partial charge in [-0.25, -0.2) is 0 Å². The van der Waals surface area contributed by atoms with Gasteiger partial charge >= 0.3 is 0 Å². The van der Waals surface area contributed by atoms with Gasteiger partial charge in [0.2, 0.25) is 11.8 Å². The Kier molecular flexibility index (Phi) is 7.95. The van der Waals surface area contributed by atoms with E-state index in [1.54, 1.807) is 0 Å². The number of likely N-dealkylation sites (tertiary alicyclic amines) is 1. The molecule has 1 N–H and O–H groups in total. The minimum Gasteiger partial charge on any atom is -0.494 e. The van der Waals surface area contributed by atoms with Gasteiger partial charge in [0, 0.05) is 25.0 Å². The first-order chi connectivity index (χ1) is 12.6. The lowest BCUT2D eigenvalue weighted by molar-refractivity contribution is -0.137. The summed E-state index contributed by atoms with van der Waals surface area (Å²) in [4.78, 5) is 26.7. The molecule has 0 saturated carbocycles. The lowest BCUT2D eigenvalue weighted by Crippen LogP contribution is -2.48. The van der Waals surface area contributed by atoms with Crippen molar-refractivity contribution in [3.8, 4) is 5.75 Å². The first-order valence-electron chi connectivity index (χ1n) is 9.87. The van der Waals surface area contributed by atoms with Gasteiger partial charge in [-0.15, -0.1) is 0 Å². The van der Waals surface area contributed by atoms with Crippen LogP contribution in [0, 0.1) is 5.92 Å². The summed E-state index contributed by atoms with van der Waals surface area (Å²) in [5, 5.41) is 3.12. The smallest absolute Gasteiger partial charge is 0.225 e. The molecule has 0 atom stereocenters. The van der Waals surface area contributed by atoms with Crippen LogP contribution in [0.5, 0.6) is 5.75 Å². The number of carbonyl (C=O) groups excluding carboxylic acids is 2. The third-order valence-electron chi connectivity index (χ3n) is 5.11. The third kappa shape index (κ3) is 5.75. The summed E-state index contributed by atoms with van der Waals surface area (Å²) in [6.45, 7) is 8.20. The van der Waals surface area contributed by atoms with Crippen molar-refractivity contribution in [2.75, 3.05) is 19.7 Å². The Morgan fingerprint density at radius 2 is 1.73 bits per heavy atom. The van der Waals surface area contributed by atoms with E-state index in [1.165, 1.54) is 0 Å². The van der Waals surface area contributed by atoms with E-state index in [2.05, 4.69) is 19.2 Å². The van der Waals surface area contributed by atoms with E-state index in [-0.39, 0.29) is 23.8 Å². The number of nitrogens with zero attached hydrogens (tertiary/aromatic N) is 1. The van der Waals surface area contributed by atoms with Gasteiger partial charge in [-0.2, -0.15) is 0 Å². The number of nitrogens with one attached hydrogen (secondary N) is 1. The molecule has 1 aromatic carbocycles. The molecule has 0 aliphatic carbocycles. The van der Waals surface area contributed by atoms with Gasteiger partial charge in [-0.1, -0.05) is 26.0 Å². The monoisotopic (exact) mass is 360 g/mol. The highest BCUT2D eigenvalue weighted by atomic mass is 16.5. The molecule has 2 rings (SSSR count). The van der Waals surface area contributed by atoms with Gasteiger partial charge in [-0.3, -0.25) is 9.59 Å². The molecule has 1 aromatic rings. The van der Waals surface area contributed by atoms with E-state index in [0.717, 1.165) is 50.1 Å². The molecule has 5 nitrogen and oxygen atoms in total. The van der Waals surface area contributed by atoms with E-state index >= 15 is 0 Å². The Morgan fingerprint density at radius 1 is 1.12 bits per heavy atom. The normalized spacial score (nSPS) is 15.2. The lowest BCUT2D eigenvalue weighted by Gasteiger charge is -2.34. The summed E-state index contributed by atoms with van der Waals surface area (Å²) in [5.74, 6) is 1.28. The predicted molar refractivity (Wildman–Crippen MR) is 103 cm³/mol. The minimum atomic E-state index is 0.0407. The van der Waals surface area contributed by atoms with E-state index < -0.39 is 0 Å². The van der Waals surface area contributed by atoms with Crippen LogP contribution in [0.3, 0.4) is 0 Å². The van der Waals surface area contributed by atoms with Crippen LogP contribution in [0.1, 0.15) is 52.0 Å². The van der Waals surface area contributed by atoms with Crippen molar-refractivity contribution in [1.82, 2.24) is 10.2 Å². The van der Waals surface area contributed by atoms with Gasteiger partial charge in [0.1, 0.15) is 5.75 Å². The number of amides is 2.